The molecule has 0 aliphatic rings. The summed E-state index contributed by atoms with van der Waals surface area (Å²) in [6.07, 6.45) is -43.5. The summed E-state index contributed by atoms with van der Waals surface area (Å²) in [6, 6.07) is 0. The zero-order valence-corrected chi connectivity index (χ0v) is 15.1. The Labute approximate surface area is 164 Å². The number of hydrogen-bond acceptors (Lipinski definition) is 4. The van der Waals surface area contributed by atoms with Crippen molar-refractivity contribution in [2.75, 3.05) is 7.11 Å². The van der Waals surface area contributed by atoms with E-state index in [9.17, 15) is 61.5 Å². The topological polar surface area (TPSA) is 58.9 Å². The van der Waals surface area contributed by atoms with Gasteiger partial charge in [-0.15, -0.1) is 0 Å². The summed E-state index contributed by atoms with van der Waals surface area (Å²) >= 11 is 0. The molecule has 2 N–H and O–H groups in total. The van der Waals surface area contributed by atoms with Crippen molar-refractivity contribution in [1.82, 2.24) is 0 Å². The number of hydrogen-bond donors (Lipinski definition) is 2. The molecule has 0 aliphatic heterocycles. The van der Waals surface area contributed by atoms with Crippen molar-refractivity contribution in [2.24, 2.45) is 0 Å². The summed E-state index contributed by atoms with van der Waals surface area (Å²) in [4.78, 5) is 0. The second kappa shape index (κ2) is 10.2. The first-order valence-corrected chi connectivity index (χ1v) is 6.10. The third kappa shape index (κ3) is 9.89. The van der Waals surface area contributed by atoms with E-state index in [4.69, 9.17) is 10.2 Å². The second-order valence-electron chi connectivity index (χ2n) is 4.66. The molecule has 0 aromatic carbocycles. The van der Waals surface area contributed by atoms with E-state index >= 15 is 0 Å². The first-order valence-electron chi connectivity index (χ1n) is 6.10. The van der Waals surface area contributed by atoms with Gasteiger partial charge in [0.05, 0.1) is 0 Å². The zero-order chi connectivity index (χ0) is 23.6. The molecule has 4 nitrogen and oxygen atoms in total. The van der Waals surface area contributed by atoms with Crippen LogP contribution in [0.1, 0.15) is 6.92 Å². The third-order valence-corrected chi connectivity index (χ3v) is 2.24. The monoisotopic (exact) mass is 563 g/mol. The Hall–Kier alpha value is -0.517. The summed E-state index contributed by atoms with van der Waals surface area (Å²) in [5.41, 5.74) is 0. The maximum Gasteiger partial charge on any atom is 0.449 e. The van der Waals surface area contributed by atoms with E-state index in [0.717, 1.165) is 7.11 Å². The number of rotatable bonds is 7. The Morgan fingerprint density at radius 3 is 1.00 bits per heavy atom. The fraction of sp³-hybridized carbons (Fsp3) is 1.00. The minimum absolute atomic E-state index is 0. The average Bonchev–Trinajstić information content (AvgIpc) is 2.39. The Morgan fingerprint density at radius 2 is 0.828 bits per heavy atom. The standard InChI is InChI=1S/C9H6F14O3.CH4O.Rh/c1-4(10,11)2(5(12,13)14)25-8(20,21)9(22,23)26-3(6(15,16)17)7(18,19)24;1-2;/h2-3,24H,1H3;2H,1H3;. The molecule has 2 unspecified atom stereocenters. The van der Waals surface area contributed by atoms with Gasteiger partial charge in [0.2, 0.25) is 12.2 Å². The largest absolute Gasteiger partial charge is 0.449 e. The van der Waals surface area contributed by atoms with Crippen LogP contribution in [0.25, 0.3) is 0 Å². The summed E-state index contributed by atoms with van der Waals surface area (Å²) in [6.45, 7) is -0.708. The van der Waals surface area contributed by atoms with Crippen molar-refractivity contribution in [3.63, 3.8) is 0 Å². The molecule has 2 atom stereocenters. The molecular formula is C10H10F14O4Rh. The van der Waals surface area contributed by atoms with Crippen LogP contribution in [0, 0.1) is 0 Å². The predicted molar refractivity (Wildman–Crippen MR) is 57.7 cm³/mol. The number of ether oxygens (including phenoxy) is 2. The Morgan fingerprint density at radius 1 is 0.586 bits per heavy atom. The molecule has 0 aromatic rings. The first kappa shape index (κ1) is 33.1. The summed E-state index contributed by atoms with van der Waals surface area (Å²) in [7, 11) is 1.00. The third-order valence-electron chi connectivity index (χ3n) is 2.24. The summed E-state index contributed by atoms with van der Waals surface area (Å²) in [5.74, 6) is -5.30. The van der Waals surface area contributed by atoms with Crippen LogP contribution in [0.3, 0.4) is 0 Å². The Kier molecular flexibility index (Phi) is 11.6. The number of aliphatic hydroxyl groups is 2. The van der Waals surface area contributed by atoms with Crippen LogP contribution in [0.15, 0.2) is 0 Å². The molecule has 0 heterocycles. The van der Waals surface area contributed by atoms with E-state index in [2.05, 4.69) is 4.74 Å². The van der Waals surface area contributed by atoms with E-state index in [-0.39, 0.29) is 19.5 Å². The molecule has 0 spiro atoms. The Bertz CT molecular complexity index is 409. The Balaban J connectivity index is -0.00000218. The zero-order valence-electron chi connectivity index (χ0n) is 13.5. The van der Waals surface area contributed by atoms with E-state index in [1.807, 2.05) is 4.74 Å². The normalized spacial score (nSPS) is 16.3. The van der Waals surface area contributed by atoms with Crippen LogP contribution in [0.4, 0.5) is 61.5 Å². The molecule has 29 heavy (non-hydrogen) atoms. The van der Waals surface area contributed by atoms with Crippen LogP contribution in [-0.2, 0) is 29.0 Å². The van der Waals surface area contributed by atoms with Gasteiger partial charge in [-0.2, -0.15) is 52.7 Å². The van der Waals surface area contributed by atoms with E-state index in [0.29, 0.717) is 0 Å². The molecule has 181 valence electrons. The van der Waals surface area contributed by atoms with Crippen molar-refractivity contribution in [2.45, 2.75) is 55.7 Å². The second-order valence-corrected chi connectivity index (χ2v) is 4.66. The predicted octanol–water partition coefficient (Wildman–Crippen LogP) is 3.91. The number of halogens is 14. The molecule has 0 aromatic heterocycles. The molecular weight excluding hydrogens is 553 g/mol. The van der Waals surface area contributed by atoms with Crippen LogP contribution < -0.4 is 0 Å². The molecule has 0 saturated carbocycles. The molecule has 0 aliphatic carbocycles. The van der Waals surface area contributed by atoms with Crippen LogP contribution in [-0.4, -0.2) is 66.1 Å². The van der Waals surface area contributed by atoms with Crippen LogP contribution in [0.2, 0.25) is 0 Å². The molecule has 0 saturated heterocycles. The van der Waals surface area contributed by atoms with E-state index < -0.39 is 55.7 Å². The van der Waals surface area contributed by atoms with Gasteiger partial charge in [0.15, 0.2) is 0 Å². The minimum Gasteiger partial charge on any atom is -0.400 e. The van der Waals surface area contributed by atoms with Crippen molar-refractivity contribution in [1.29, 1.82) is 0 Å². The van der Waals surface area contributed by atoms with Gasteiger partial charge in [0.1, 0.15) is 0 Å². The van der Waals surface area contributed by atoms with Crippen LogP contribution >= 0.6 is 0 Å². The van der Waals surface area contributed by atoms with Gasteiger partial charge in [0.25, 0.3) is 5.92 Å². The molecule has 0 bridgehead atoms. The quantitative estimate of drug-likeness (QED) is 0.365. The first-order chi connectivity index (χ1) is 11.9. The fourth-order valence-corrected chi connectivity index (χ4v) is 1.23. The van der Waals surface area contributed by atoms with Crippen molar-refractivity contribution >= 4 is 0 Å². The number of aliphatic hydroxyl groups excluding tert-OH is 1. The van der Waals surface area contributed by atoms with Crippen molar-refractivity contribution in [3.05, 3.63) is 0 Å². The van der Waals surface area contributed by atoms with Gasteiger partial charge in [-0.1, -0.05) is 0 Å². The van der Waals surface area contributed by atoms with E-state index in [1.165, 1.54) is 0 Å². The molecule has 0 fully saturated rings. The van der Waals surface area contributed by atoms with Crippen molar-refractivity contribution < 1.29 is 101 Å². The van der Waals surface area contributed by atoms with Gasteiger partial charge in [-0.3, -0.25) is 9.47 Å². The molecule has 0 rings (SSSR count). The smallest absolute Gasteiger partial charge is 0.400 e. The molecule has 1 radical (unpaired) electrons. The summed E-state index contributed by atoms with van der Waals surface area (Å²) < 4.78 is 179. The van der Waals surface area contributed by atoms with Gasteiger partial charge >= 0.3 is 30.7 Å². The summed E-state index contributed by atoms with van der Waals surface area (Å²) in [5, 5.41) is 14.8. The number of alkyl halides is 14. The van der Waals surface area contributed by atoms with Gasteiger partial charge in [0, 0.05) is 33.5 Å². The van der Waals surface area contributed by atoms with Crippen LogP contribution in [0.5, 0.6) is 0 Å². The SMILES string of the molecule is CC(F)(F)C(OC(F)(F)C(F)(F)OC(C(O)(F)F)C(F)(F)F)C(F)(F)F.CO.[Rh]. The molecule has 0 amide bonds. The van der Waals surface area contributed by atoms with Crippen molar-refractivity contribution in [3.8, 4) is 0 Å². The van der Waals surface area contributed by atoms with Gasteiger partial charge in [-0.05, 0) is 0 Å². The van der Waals surface area contributed by atoms with E-state index in [1.54, 1.807) is 0 Å². The van der Waals surface area contributed by atoms with Gasteiger partial charge < -0.3 is 10.2 Å². The van der Waals surface area contributed by atoms with Gasteiger partial charge in [-0.25, -0.2) is 8.78 Å². The maximum atomic E-state index is 13.0. The minimum atomic E-state index is -6.95. The fourth-order valence-electron chi connectivity index (χ4n) is 1.23. The maximum absolute atomic E-state index is 13.0. The average molecular weight is 563 g/mol. The molecule has 19 heteroatoms.